The van der Waals surface area contributed by atoms with Crippen LogP contribution in [0.4, 0.5) is 0 Å². The molecule has 3 heterocycles. The molecule has 3 aromatic carbocycles. The van der Waals surface area contributed by atoms with Crippen molar-refractivity contribution in [1.82, 2.24) is 4.98 Å². The molecule has 0 aliphatic carbocycles. The van der Waals surface area contributed by atoms with Gasteiger partial charge in [-0.15, -0.1) is 0 Å². The van der Waals surface area contributed by atoms with E-state index in [9.17, 15) is 0 Å². The van der Waals surface area contributed by atoms with Crippen LogP contribution in [0, 0.1) is 17.8 Å². The molecule has 1 aliphatic heterocycles. The first kappa shape index (κ1) is 24.4. The molecule has 0 amide bonds. The minimum absolute atomic E-state index is 0.189. The van der Waals surface area contributed by atoms with E-state index in [4.69, 9.17) is 4.98 Å². The maximum Gasteiger partial charge on any atom is 0.222 e. The maximum atomic E-state index is 4.95. The van der Waals surface area contributed by atoms with Crippen LogP contribution in [0.5, 0.6) is 0 Å². The van der Waals surface area contributed by atoms with E-state index in [0.717, 1.165) is 18.4 Å². The summed E-state index contributed by atoms with van der Waals surface area (Å²) in [5.41, 5.74) is 8.49. The van der Waals surface area contributed by atoms with E-state index < -0.39 is 0 Å². The molecule has 3 heteroatoms. The molecule has 0 N–H and O–H groups in total. The smallest absolute Gasteiger partial charge is 0.222 e. The fourth-order valence-corrected chi connectivity index (χ4v) is 7.52. The van der Waals surface area contributed by atoms with Crippen molar-refractivity contribution in [1.29, 1.82) is 0 Å². The van der Waals surface area contributed by atoms with Gasteiger partial charge in [0.1, 0.15) is 7.05 Å². The van der Waals surface area contributed by atoms with Crippen molar-refractivity contribution in [2.75, 3.05) is 0 Å². The van der Waals surface area contributed by atoms with Crippen LogP contribution in [-0.2, 0) is 19.9 Å². The number of hydrogen-bond donors (Lipinski definition) is 0. The third-order valence-electron chi connectivity index (χ3n) is 7.59. The Bertz CT molecular complexity index is 1730. The van der Waals surface area contributed by atoms with Gasteiger partial charge in [0, 0.05) is 32.8 Å². The number of hydrogen-bond acceptors (Lipinski definition) is 2. The summed E-state index contributed by atoms with van der Waals surface area (Å²) in [7, 11) is 2.20. The van der Waals surface area contributed by atoms with E-state index in [-0.39, 0.29) is 10.8 Å². The molecule has 5 aromatic rings. The first-order chi connectivity index (χ1) is 17.4. The first-order valence-electron chi connectivity index (χ1n) is 13.4. The molecule has 1 aliphatic rings. The molecule has 2 aromatic heterocycles. The summed E-state index contributed by atoms with van der Waals surface area (Å²) in [4.78, 5) is 7.73. The van der Waals surface area contributed by atoms with E-state index >= 15 is 0 Å². The van der Waals surface area contributed by atoms with E-state index in [1.54, 1.807) is 0 Å². The topological polar surface area (TPSA) is 16.8 Å². The molecule has 0 fully saturated rings. The molecule has 0 saturated carbocycles. The lowest BCUT2D eigenvalue weighted by atomic mass is 9.83. The molecule has 0 unspecified atom stereocenters. The standard InChI is InChI=1S/C34H37N2S/c1-20-22-11-9-10-12-23(22)26(19-34(5,6)7)32-28(20)31-29-24(14-16-36(31)8)30-25(17-27(29)37-32)21(13-15-35-30)18-33(2,3)4/h9-17H,18-19H2,1-8H3/q+1. The van der Waals surface area contributed by atoms with Gasteiger partial charge in [-0.25, -0.2) is 4.57 Å². The minimum atomic E-state index is 0.189. The Hall–Kier alpha value is -2.91. The van der Waals surface area contributed by atoms with Gasteiger partial charge in [-0.1, -0.05) is 77.6 Å². The second-order valence-corrected chi connectivity index (χ2v) is 14.3. The SMILES string of the molecule is Cc1c2c(c(CC(C)(C)C)c3ccccc13)Sc1cc3c(CC(C)(C)C)ccnc3c3cc[n+](C)c-2c13. The summed E-state index contributed by atoms with van der Waals surface area (Å²) in [6, 6.07) is 15.9. The third-order valence-corrected chi connectivity index (χ3v) is 8.79. The van der Waals surface area contributed by atoms with Gasteiger partial charge in [0.25, 0.3) is 0 Å². The zero-order valence-electron chi connectivity index (χ0n) is 23.4. The van der Waals surface area contributed by atoms with Crippen LogP contribution in [0.15, 0.2) is 64.6 Å². The monoisotopic (exact) mass is 505 g/mol. The highest BCUT2D eigenvalue weighted by Gasteiger charge is 2.33. The molecular weight excluding hydrogens is 468 g/mol. The highest BCUT2D eigenvalue weighted by Crippen LogP contribution is 2.53. The van der Waals surface area contributed by atoms with Gasteiger partial charge in [0.05, 0.1) is 16.5 Å². The predicted octanol–water partition coefficient (Wildman–Crippen LogP) is 8.98. The maximum absolute atomic E-state index is 4.95. The summed E-state index contributed by atoms with van der Waals surface area (Å²) in [6.07, 6.45) is 6.31. The molecular formula is C34H37N2S+. The Morgan fingerprint density at radius 3 is 2.24 bits per heavy atom. The van der Waals surface area contributed by atoms with Crippen LogP contribution >= 0.6 is 11.8 Å². The molecule has 0 radical (unpaired) electrons. The minimum Gasteiger partial charge on any atom is -0.256 e. The number of aromatic nitrogens is 2. The quantitative estimate of drug-likeness (QED) is 0.172. The highest BCUT2D eigenvalue weighted by molar-refractivity contribution is 8.00. The Labute approximate surface area is 225 Å². The number of fused-ring (bicyclic) bond motifs is 5. The largest absolute Gasteiger partial charge is 0.256 e. The lowest BCUT2D eigenvalue weighted by molar-refractivity contribution is -0.659. The highest BCUT2D eigenvalue weighted by atomic mass is 32.2. The van der Waals surface area contributed by atoms with E-state index in [1.807, 2.05) is 18.0 Å². The van der Waals surface area contributed by atoms with Gasteiger partial charge in [-0.05, 0) is 70.2 Å². The number of pyridine rings is 2. The van der Waals surface area contributed by atoms with Crippen molar-refractivity contribution in [2.45, 2.75) is 71.1 Å². The summed E-state index contributed by atoms with van der Waals surface area (Å²) in [6.45, 7) is 16.3. The molecule has 2 nitrogen and oxygen atoms in total. The Morgan fingerprint density at radius 1 is 0.838 bits per heavy atom. The molecule has 188 valence electrons. The second-order valence-electron chi connectivity index (χ2n) is 13.2. The van der Waals surface area contributed by atoms with Crippen molar-refractivity contribution in [2.24, 2.45) is 17.9 Å². The zero-order valence-corrected chi connectivity index (χ0v) is 24.2. The fourth-order valence-electron chi connectivity index (χ4n) is 6.16. The van der Waals surface area contributed by atoms with Gasteiger partial charge >= 0.3 is 0 Å². The molecule has 0 saturated heterocycles. The Morgan fingerprint density at radius 2 is 1.54 bits per heavy atom. The zero-order chi connectivity index (χ0) is 26.3. The van der Waals surface area contributed by atoms with Crippen LogP contribution in [0.1, 0.15) is 58.2 Å². The van der Waals surface area contributed by atoms with Crippen LogP contribution in [0.25, 0.3) is 43.7 Å². The number of benzene rings is 3. The molecule has 0 atom stereocenters. The summed E-state index contributed by atoms with van der Waals surface area (Å²) >= 11 is 1.98. The number of nitrogens with zero attached hydrogens (tertiary/aromatic N) is 2. The van der Waals surface area contributed by atoms with Crippen molar-refractivity contribution < 1.29 is 4.57 Å². The van der Waals surface area contributed by atoms with Crippen LogP contribution in [-0.4, -0.2) is 4.98 Å². The molecule has 0 spiro atoms. The average molecular weight is 506 g/mol. The molecule has 0 bridgehead atoms. The van der Waals surface area contributed by atoms with Crippen molar-refractivity contribution in [3.05, 3.63) is 71.5 Å². The lowest BCUT2D eigenvalue weighted by Gasteiger charge is -2.28. The first-order valence-corrected chi connectivity index (χ1v) is 14.2. The van der Waals surface area contributed by atoms with Crippen molar-refractivity contribution in [3.8, 4) is 11.3 Å². The van der Waals surface area contributed by atoms with Crippen LogP contribution in [0.3, 0.4) is 0 Å². The summed E-state index contributed by atoms with van der Waals surface area (Å²) in [5.74, 6) is 0. The van der Waals surface area contributed by atoms with Gasteiger partial charge in [-0.3, -0.25) is 4.98 Å². The van der Waals surface area contributed by atoms with E-state index in [0.29, 0.717) is 0 Å². The number of aryl methyl sites for hydroxylation is 2. The normalized spacial score (nSPS) is 13.5. The Balaban J connectivity index is 1.76. The van der Waals surface area contributed by atoms with Gasteiger partial charge in [0.2, 0.25) is 5.69 Å². The van der Waals surface area contributed by atoms with Gasteiger partial charge in [0.15, 0.2) is 6.20 Å². The average Bonchev–Trinajstić information content (AvgIpc) is 2.82. The second kappa shape index (κ2) is 8.30. The fraction of sp³-hybridized carbons (Fsp3) is 0.353. The van der Waals surface area contributed by atoms with Crippen molar-refractivity contribution >= 4 is 44.2 Å². The van der Waals surface area contributed by atoms with Gasteiger partial charge < -0.3 is 0 Å². The van der Waals surface area contributed by atoms with Crippen LogP contribution < -0.4 is 4.57 Å². The van der Waals surface area contributed by atoms with Gasteiger partial charge in [-0.2, -0.15) is 0 Å². The summed E-state index contributed by atoms with van der Waals surface area (Å²) < 4.78 is 2.33. The molecule has 37 heavy (non-hydrogen) atoms. The lowest BCUT2D eigenvalue weighted by Crippen LogP contribution is -2.32. The van der Waals surface area contributed by atoms with E-state index in [2.05, 4.69) is 109 Å². The van der Waals surface area contributed by atoms with E-state index in [1.165, 1.54) is 64.7 Å². The predicted molar refractivity (Wildman–Crippen MR) is 159 cm³/mol. The molecule has 6 rings (SSSR count). The van der Waals surface area contributed by atoms with Crippen molar-refractivity contribution in [3.63, 3.8) is 0 Å². The Kier molecular flexibility index (Phi) is 5.48. The summed E-state index contributed by atoms with van der Waals surface area (Å²) in [5, 5.41) is 6.67. The van der Waals surface area contributed by atoms with Crippen LogP contribution in [0.2, 0.25) is 0 Å². The number of rotatable bonds is 2. The third kappa shape index (κ3) is 4.03.